The molecule has 24 heavy (non-hydrogen) atoms. The van der Waals surface area contributed by atoms with E-state index in [1.165, 1.54) is 0 Å². The maximum absolute atomic E-state index is 12.9. The van der Waals surface area contributed by atoms with Crippen molar-refractivity contribution in [2.45, 2.75) is 12.8 Å². The van der Waals surface area contributed by atoms with E-state index in [0.29, 0.717) is 17.7 Å². The summed E-state index contributed by atoms with van der Waals surface area (Å²) in [5, 5.41) is 2.90. The Labute approximate surface area is 148 Å². The first kappa shape index (κ1) is 15.3. The van der Waals surface area contributed by atoms with Gasteiger partial charge in [0.25, 0.3) is 0 Å². The van der Waals surface area contributed by atoms with E-state index in [1.54, 1.807) is 6.20 Å². The SMILES string of the molecule is O=C1c2ccccc2-c2nccc3cc(OCCCCBr)cc1c23. The van der Waals surface area contributed by atoms with Crippen LogP contribution < -0.4 is 4.74 Å². The quantitative estimate of drug-likeness (QED) is 0.360. The third kappa shape index (κ3) is 2.51. The van der Waals surface area contributed by atoms with E-state index >= 15 is 0 Å². The maximum atomic E-state index is 12.9. The molecule has 0 atom stereocenters. The molecule has 0 unspecified atom stereocenters. The van der Waals surface area contributed by atoms with E-state index in [4.69, 9.17) is 4.74 Å². The van der Waals surface area contributed by atoms with Crippen molar-refractivity contribution in [1.29, 1.82) is 0 Å². The molecular formula is C20H16BrNO2. The van der Waals surface area contributed by atoms with Gasteiger partial charge in [0.1, 0.15) is 5.75 Å². The van der Waals surface area contributed by atoms with Crippen LogP contribution >= 0.6 is 15.9 Å². The molecule has 3 nitrogen and oxygen atoms in total. The van der Waals surface area contributed by atoms with Gasteiger partial charge in [0.05, 0.1) is 12.3 Å². The van der Waals surface area contributed by atoms with Crippen LogP contribution in [0, 0.1) is 0 Å². The molecule has 3 aromatic rings. The van der Waals surface area contributed by atoms with Crippen molar-refractivity contribution in [3.63, 3.8) is 0 Å². The first-order valence-electron chi connectivity index (χ1n) is 8.05. The number of rotatable bonds is 5. The number of hydrogen-bond acceptors (Lipinski definition) is 3. The monoisotopic (exact) mass is 381 g/mol. The highest BCUT2D eigenvalue weighted by molar-refractivity contribution is 9.09. The Kier molecular flexibility index (Phi) is 4.07. The van der Waals surface area contributed by atoms with Crippen LogP contribution in [0.4, 0.5) is 0 Å². The number of fused-ring (bicyclic) bond motifs is 2. The van der Waals surface area contributed by atoms with Gasteiger partial charge in [0.15, 0.2) is 5.78 Å². The highest BCUT2D eigenvalue weighted by Crippen LogP contribution is 2.39. The van der Waals surface area contributed by atoms with Crippen LogP contribution in [0.15, 0.2) is 48.7 Å². The summed E-state index contributed by atoms with van der Waals surface area (Å²) in [5.74, 6) is 0.791. The first-order valence-corrected chi connectivity index (χ1v) is 9.17. The second-order valence-electron chi connectivity index (χ2n) is 5.85. The normalized spacial score (nSPS) is 12.3. The summed E-state index contributed by atoms with van der Waals surface area (Å²) in [5.41, 5.74) is 3.18. The number of halogens is 1. The number of ether oxygens (including phenoxy) is 1. The van der Waals surface area contributed by atoms with Crippen molar-refractivity contribution in [3.8, 4) is 17.0 Å². The number of nitrogens with zero attached hydrogens (tertiary/aromatic N) is 1. The van der Waals surface area contributed by atoms with Crippen LogP contribution in [0.3, 0.4) is 0 Å². The minimum Gasteiger partial charge on any atom is -0.494 e. The standard InChI is InChI=1S/C20H16BrNO2/c21-8-3-4-10-24-14-11-13-7-9-22-19-15-5-1-2-6-16(15)20(23)17(12-14)18(13)19/h1-2,5-7,9,11-12H,3-4,8,10H2. The summed E-state index contributed by atoms with van der Waals surface area (Å²) in [4.78, 5) is 17.5. The molecule has 120 valence electrons. The minimum atomic E-state index is 0.0435. The summed E-state index contributed by atoms with van der Waals surface area (Å²) in [6.07, 6.45) is 3.85. The third-order valence-corrected chi connectivity index (χ3v) is 4.87. The zero-order chi connectivity index (χ0) is 16.5. The van der Waals surface area contributed by atoms with Crippen molar-refractivity contribution in [1.82, 2.24) is 4.98 Å². The molecular weight excluding hydrogens is 366 g/mol. The van der Waals surface area contributed by atoms with Crippen LogP contribution in [0.25, 0.3) is 22.0 Å². The Hall–Kier alpha value is -2.20. The number of carbonyl (C=O) groups is 1. The van der Waals surface area contributed by atoms with Gasteiger partial charge in [0.2, 0.25) is 0 Å². The maximum Gasteiger partial charge on any atom is 0.194 e. The van der Waals surface area contributed by atoms with Crippen LogP contribution in [-0.4, -0.2) is 22.7 Å². The molecule has 0 bridgehead atoms. The van der Waals surface area contributed by atoms with E-state index < -0.39 is 0 Å². The Morgan fingerprint density at radius 1 is 1.00 bits per heavy atom. The summed E-state index contributed by atoms with van der Waals surface area (Å²) >= 11 is 3.42. The van der Waals surface area contributed by atoms with Crippen molar-refractivity contribution in [2.24, 2.45) is 0 Å². The lowest BCUT2D eigenvalue weighted by atomic mass is 9.85. The topological polar surface area (TPSA) is 39.2 Å². The number of hydrogen-bond donors (Lipinski definition) is 0. The Morgan fingerprint density at radius 2 is 1.83 bits per heavy atom. The summed E-state index contributed by atoms with van der Waals surface area (Å²) in [6.45, 7) is 0.652. The molecule has 0 saturated carbocycles. The molecule has 1 aliphatic carbocycles. The van der Waals surface area contributed by atoms with Crippen molar-refractivity contribution in [3.05, 3.63) is 59.8 Å². The van der Waals surface area contributed by atoms with Crippen molar-refractivity contribution >= 4 is 32.5 Å². The average molecular weight is 382 g/mol. The fourth-order valence-electron chi connectivity index (χ4n) is 3.18. The molecule has 1 heterocycles. The average Bonchev–Trinajstić information content (AvgIpc) is 2.63. The number of ketones is 1. The van der Waals surface area contributed by atoms with Gasteiger partial charge in [-0.3, -0.25) is 9.78 Å². The molecule has 0 N–H and O–H groups in total. The number of pyridine rings is 1. The van der Waals surface area contributed by atoms with Gasteiger partial charge in [-0.15, -0.1) is 0 Å². The Morgan fingerprint density at radius 3 is 2.67 bits per heavy atom. The molecule has 0 spiro atoms. The van der Waals surface area contributed by atoms with Crippen LogP contribution in [0.1, 0.15) is 28.8 Å². The smallest absolute Gasteiger partial charge is 0.194 e. The molecule has 0 amide bonds. The fourth-order valence-corrected chi connectivity index (χ4v) is 3.57. The van der Waals surface area contributed by atoms with Crippen molar-refractivity contribution < 1.29 is 9.53 Å². The van der Waals surface area contributed by atoms with Gasteiger partial charge in [-0.05, 0) is 36.4 Å². The number of unbranched alkanes of at least 4 members (excludes halogenated alkanes) is 1. The first-order chi connectivity index (χ1) is 11.8. The van der Waals surface area contributed by atoms with Gasteiger partial charge >= 0.3 is 0 Å². The summed E-state index contributed by atoms with van der Waals surface area (Å²) in [6, 6.07) is 13.5. The molecule has 4 rings (SSSR count). The third-order valence-electron chi connectivity index (χ3n) is 4.31. The highest BCUT2D eigenvalue weighted by atomic mass is 79.9. The predicted octanol–water partition coefficient (Wildman–Crippen LogP) is 5.00. The molecule has 1 aliphatic rings. The van der Waals surface area contributed by atoms with Gasteiger partial charge in [-0.1, -0.05) is 40.2 Å². The highest BCUT2D eigenvalue weighted by Gasteiger charge is 2.26. The van der Waals surface area contributed by atoms with Gasteiger partial charge in [0, 0.05) is 33.6 Å². The number of benzene rings is 2. The molecule has 0 aliphatic heterocycles. The number of alkyl halides is 1. The molecule has 0 fully saturated rings. The van der Waals surface area contributed by atoms with Crippen LogP contribution in [-0.2, 0) is 0 Å². The molecule has 4 heteroatoms. The van der Waals surface area contributed by atoms with E-state index in [2.05, 4.69) is 20.9 Å². The van der Waals surface area contributed by atoms with E-state index in [1.807, 2.05) is 42.5 Å². The number of carbonyl (C=O) groups excluding carboxylic acids is 1. The Balaban J connectivity index is 1.83. The number of aromatic nitrogens is 1. The lowest BCUT2D eigenvalue weighted by Gasteiger charge is -2.19. The molecule has 0 saturated heterocycles. The molecule has 1 aromatic heterocycles. The largest absolute Gasteiger partial charge is 0.494 e. The molecule has 0 radical (unpaired) electrons. The summed E-state index contributed by atoms with van der Waals surface area (Å²) < 4.78 is 5.87. The van der Waals surface area contributed by atoms with E-state index in [9.17, 15) is 4.79 Å². The zero-order valence-corrected chi connectivity index (χ0v) is 14.7. The van der Waals surface area contributed by atoms with Gasteiger partial charge in [-0.25, -0.2) is 0 Å². The van der Waals surface area contributed by atoms with Crippen molar-refractivity contribution in [2.75, 3.05) is 11.9 Å². The Bertz CT molecular complexity index is 936. The van der Waals surface area contributed by atoms with Crippen LogP contribution in [0.2, 0.25) is 0 Å². The predicted molar refractivity (Wildman–Crippen MR) is 99.1 cm³/mol. The van der Waals surface area contributed by atoms with E-state index in [-0.39, 0.29) is 5.78 Å². The second-order valence-corrected chi connectivity index (χ2v) is 6.64. The lowest BCUT2D eigenvalue weighted by Crippen LogP contribution is -2.11. The van der Waals surface area contributed by atoms with Gasteiger partial charge in [-0.2, -0.15) is 0 Å². The zero-order valence-electron chi connectivity index (χ0n) is 13.1. The lowest BCUT2D eigenvalue weighted by molar-refractivity contribution is 0.103. The minimum absolute atomic E-state index is 0.0435. The molecule has 2 aromatic carbocycles. The van der Waals surface area contributed by atoms with Gasteiger partial charge < -0.3 is 4.74 Å². The second kappa shape index (κ2) is 6.36. The fraction of sp³-hybridized carbons (Fsp3) is 0.200. The summed E-state index contributed by atoms with van der Waals surface area (Å²) in [7, 11) is 0. The van der Waals surface area contributed by atoms with E-state index in [0.717, 1.165) is 46.0 Å². The van der Waals surface area contributed by atoms with Crippen LogP contribution in [0.5, 0.6) is 5.75 Å².